The summed E-state index contributed by atoms with van der Waals surface area (Å²) in [4.78, 5) is 3.21. The maximum Gasteiger partial charge on any atom is 0.290 e. The molecule has 3 aromatic rings. The first kappa shape index (κ1) is 19.8. The van der Waals surface area contributed by atoms with E-state index in [1.54, 1.807) is 37.4 Å². The smallest absolute Gasteiger partial charge is 0.290 e. The van der Waals surface area contributed by atoms with E-state index in [1.165, 1.54) is 6.26 Å². The second kappa shape index (κ2) is 7.37. The minimum Gasteiger partial charge on any atom is -0.710 e. The number of ether oxygens (including phenoxy) is 1. The molecule has 0 amide bonds. The van der Waals surface area contributed by atoms with Crippen molar-refractivity contribution in [3.8, 4) is 16.9 Å². The lowest BCUT2D eigenvalue weighted by atomic mass is 9.89. The van der Waals surface area contributed by atoms with Crippen LogP contribution in [-0.4, -0.2) is 25.8 Å². The van der Waals surface area contributed by atoms with Crippen LogP contribution in [-0.2, 0) is 9.84 Å². The van der Waals surface area contributed by atoms with Crippen molar-refractivity contribution >= 4 is 20.9 Å². The number of pyridine rings is 1. The Morgan fingerprint density at radius 2 is 1.83 bits per heavy atom. The Morgan fingerprint density at radius 1 is 1.10 bits per heavy atom. The first-order chi connectivity index (χ1) is 13.7. The van der Waals surface area contributed by atoms with Gasteiger partial charge in [0.05, 0.1) is 22.6 Å². The lowest BCUT2D eigenvalue weighted by Crippen LogP contribution is -2.31. The Labute approximate surface area is 171 Å². The van der Waals surface area contributed by atoms with Crippen molar-refractivity contribution in [2.45, 2.75) is 50.5 Å². The Bertz CT molecular complexity index is 1160. The molecule has 1 saturated carbocycles. The summed E-state index contributed by atoms with van der Waals surface area (Å²) in [6, 6.07) is 8.62. The van der Waals surface area contributed by atoms with E-state index in [1.807, 2.05) is 6.07 Å². The van der Waals surface area contributed by atoms with Gasteiger partial charge in [0.15, 0.2) is 9.84 Å². The molecule has 1 N–H and O–H groups in total. The van der Waals surface area contributed by atoms with Gasteiger partial charge in [-0.25, -0.2) is 18.1 Å². The molecule has 154 valence electrons. The van der Waals surface area contributed by atoms with Crippen LogP contribution in [0.25, 0.3) is 22.2 Å². The molecule has 0 radical (unpaired) electrons. The fourth-order valence-corrected chi connectivity index (χ4v) is 4.72. The Balaban J connectivity index is 1.86. The third kappa shape index (κ3) is 3.83. The molecular weight excluding hydrogens is 388 g/mol. The Morgan fingerprint density at radius 3 is 2.52 bits per heavy atom. The fraction of sp³-hybridized carbons (Fsp3) is 0.409. The van der Waals surface area contributed by atoms with Gasteiger partial charge in [-0.2, -0.15) is 0 Å². The topological polar surface area (TPSA) is 86.1 Å². The fourth-order valence-electron chi connectivity index (χ4n) is 4.07. The van der Waals surface area contributed by atoms with Crippen LogP contribution in [0.2, 0.25) is 0 Å². The number of H-pyrrole nitrogens is 1. The number of nitrogens with one attached hydrogen (secondary N) is 1. The molecule has 7 heteroatoms. The first-order valence-electron chi connectivity index (χ1n) is 9.95. The molecule has 2 heterocycles. The molecule has 1 fully saturated rings. The normalized spacial score (nSPS) is 20.1. The average molecular weight is 415 g/mol. The molecular formula is C22H26N2O4S. The molecule has 1 aliphatic rings. The molecule has 6 nitrogen and oxygen atoms in total. The van der Waals surface area contributed by atoms with Gasteiger partial charge in [-0.15, -0.1) is 0 Å². The second-order valence-electron chi connectivity index (χ2n) is 8.16. The monoisotopic (exact) mass is 414 g/mol. The highest BCUT2D eigenvalue weighted by Gasteiger charge is 2.23. The number of aromatic amines is 1. The molecule has 4 rings (SSSR count). The SMILES string of the molecule is Cc1cc(-c2cc(S(C)(=O)=O)ccc2O[C@H]2CC[C@H](C)CC2)c2cc[nH]c2[n+]1[O-]. The van der Waals surface area contributed by atoms with E-state index in [0.717, 1.165) is 41.4 Å². The van der Waals surface area contributed by atoms with E-state index in [0.29, 0.717) is 28.6 Å². The highest BCUT2D eigenvalue weighted by Crippen LogP contribution is 2.38. The van der Waals surface area contributed by atoms with E-state index in [9.17, 15) is 13.6 Å². The van der Waals surface area contributed by atoms with Gasteiger partial charge in [-0.3, -0.25) is 0 Å². The van der Waals surface area contributed by atoms with Crippen LogP contribution in [0.3, 0.4) is 0 Å². The molecule has 0 atom stereocenters. The molecule has 0 spiro atoms. The molecule has 1 aliphatic carbocycles. The molecule has 0 aliphatic heterocycles. The third-order valence-corrected chi connectivity index (χ3v) is 6.93. The number of hydrogen-bond acceptors (Lipinski definition) is 4. The molecule has 0 saturated heterocycles. The average Bonchev–Trinajstić information content (AvgIpc) is 3.16. The quantitative estimate of drug-likeness (QED) is 0.514. The first-order valence-corrected chi connectivity index (χ1v) is 11.8. The van der Waals surface area contributed by atoms with Crippen molar-refractivity contribution < 1.29 is 17.9 Å². The van der Waals surface area contributed by atoms with E-state index in [4.69, 9.17) is 4.74 Å². The summed E-state index contributed by atoms with van der Waals surface area (Å²) >= 11 is 0. The van der Waals surface area contributed by atoms with Crippen LogP contribution in [0, 0.1) is 18.0 Å². The number of sulfone groups is 1. The van der Waals surface area contributed by atoms with Crippen LogP contribution in [0.4, 0.5) is 0 Å². The van der Waals surface area contributed by atoms with Crippen molar-refractivity contribution in [1.29, 1.82) is 0 Å². The molecule has 0 unspecified atom stereocenters. The number of fused-ring (bicyclic) bond motifs is 1. The summed E-state index contributed by atoms with van der Waals surface area (Å²) in [5.74, 6) is 1.37. The summed E-state index contributed by atoms with van der Waals surface area (Å²) in [6.07, 6.45) is 7.26. The minimum atomic E-state index is -3.38. The summed E-state index contributed by atoms with van der Waals surface area (Å²) in [6.45, 7) is 4.00. The number of rotatable bonds is 4. The second-order valence-corrected chi connectivity index (χ2v) is 10.2. The number of hydrogen-bond donors (Lipinski definition) is 1. The van der Waals surface area contributed by atoms with Crippen LogP contribution >= 0.6 is 0 Å². The van der Waals surface area contributed by atoms with Crippen LogP contribution < -0.4 is 9.47 Å². The van der Waals surface area contributed by atoms with E-state index >= 15 is 0 Å². The predicted molar refractivity (Wildman–Crippen MR) is 113 cm³/mol. The van der Waals surface area contributed by atoms with E-state index in [-0.39, 0.29) is 11.0 Å². The van der Waals surface area contributed by atoms with Crippen LogP contribution in [0.1, 0.15) is 38.3 Å². The van der Waals surface area contributed by atoms with Crippen molar-refractivity contribution in [2.75, 3.05) is 6.26 Å². The number of aryl methyl sites for hydroxylation is 1. The molecule has 2 aromatic heterocycles. The van der Waals surface area contributed by atoms with Gasteiger partial charge in [0.2, 0.25) is 0 Å². The van der Waals surface area contributed by atoms with E-state index < -0.39 is 9.84 Å². The largest absolute Gasteiger partial charge is 0.710 e. The standard InChI is InChI=1S/C22H26N2O4S/c1-14-4-6-16(7-5-14)28-21-9-8-17(29(3,26)27)13-20(21)19-12-15(2)24(25)22-18(19)10-11-23-22/h8-14,16,23H,4-7H2,1-3H3/t14-,16-. The molecule has 29 heavy (non-hydrogen) atoms. The maximum atomic E-state index is 12.4. The zero-order valence-electron chi connectivity index (χ0n) is 16.9. The Hall–Kier alpha value is -2.54. The maximum absolute atomic E-state index is 12.4. The van der Waals surface area contributed by atoms with Gasteiger partial charge in [0, 0.05) is 17.4 Å². The third-order valence-electron chi connectivity index (χ3n) is 5.82. The summed E-state index contributed by atoms with van der Waals surface area (Å²) < 4.78 is 31.6. The van der Waals surface area contributed by atoms with Crippen LogP contribution in [0.15, 0.2) is 41.4 Å². The Kier molecular flexibility index (Phi) is 5.02. The van der Waals surface area contributed by atoms with Gasteiger partial charge in [0.1, 0.15) is 11.4 Å². The van der Waals surface area contributed by atoms with Gasteiger partial charge in [-0.1, -0.05) is 6.92 Å². The predicted octanol–water partition coefficient (Wildman–Crippen LogP) is 4.14. The minimum absolute atomic E-state index is 0.116. The summed E-state index contributed by atoms with van der Waals surface area (Å²) in [7, 11) is -3.38. The van der Waals surface area contributed by atoms with Crippen molar-refractivity contribution in [1.82, 2.24) is 4.98 Å². The highest BCUT2D eigenvalue weighted by atomic mass is 32.2. The zero-order chi connectivity index (χ0) is 20.8. The molecule has 1 aromatic carbocycles. The number of aromatic nitrogens is 2. The lowest BCUT2D eigenvalue weighted by Gasteiger charge is -2.28. The summed E-state index contributed by atoms with van der Waals surface area (Å²) in [5.41, 5.74) is 2.45. The number of benzene rings is 1. The number of nitrogens with zero attached hydrogens (tertiary/aromatic N) is 1. The highest BCUT2D eigenvalue weighted by molar-refractivity contribution is 7.90. The lowest BCUT2D eigenvalue weighted by molar-refractivity contribution is -0.586. The zero-order valence-corrected chi connectivity index (χ0v) is 17.8. The van der Waals surface area contributed by atoms with Crippen molar-refractivity contribution in [3.05, 3.63) is 47.4 Å². The van der Waals surface area contributed by atoms with Crippen LogP contribution in [0.5, 0.6) is 5.75 Å². The van der Waals surface area contributed by atoms with Crippen molar-refractivity contribution in [3.63, 3.8) is 0 Å². The van der Waals surface area contributed by atoms with E-state index in [2.05, 4.69) is 11.9 Å². The van der Waals surface area contributed by atoms with Gasteiger partial charge in [0.25, 0.3) is 5.65 Å². The van der Waals surface area contributed by atoms with Gasteiger partial charge >= 0.3 is 0 Å². The van der Waals surface area contributed by atoms with Gasteiger partial charge in [-0.05, 0) is 68.9 Å². The van der Waals surface area contributed by atoms with Crippen molar-refractivity contribution in [2.24, 2.45) is 5.92 Å². The van der Waals surface area contributed by atoms with Gasteiger partial charge < -0.3 is 9.94 Å². The molecule has 0 bridgehead atoms. The summed E-state index contributed by atoms with van der Waals surface area (Å²) in [5, 5.41) is 13.1.